The van der Waals surface area contributed by atoms with Crippen LogP contribution in [0.1, 0.15) is 0 Å². The predicted octanol–water partition coefficient (Wildman–Crippen LogP) is 1.37. The highest BCUT2D eigenvalue weighted by molar-refractivity contribution is 8.02. The van der Waals surface area contributed by atoms with Crippen LogP contribution in [0.25, 0.3) is 0 Å². The lowest BCUT2D eigenvalue weighted by Crippen LogP contribution is -2.11. The molecule has 6 nitrogen and oxygen atoms in total. The van der Waals surface area contributed by atoms with Crippen LogP contribution in [0, 0.1) is 22.7 Å². The Labute approximate surface area is 115 Å². The number of primary sulfonamides is 1. The Bertz CT molecular complexity index is 663. The molecule has 0 atom stereocenters. The van der Waals surface area contributed by atoms with E-state index in [0.717, 1.165) is 0 Å². The molecule has 0 bridgehead atoms. The van der Waals surface area contributed by atoms with E-state index in [1.165, 1.54) is 36.0 Å². The minimum Gasteiger partial charge on any atom is -0.349 e. The van der Waals surface area contributed by atoms with Crippen LogP contribution < -0.4 is 10.5 Å². The van der Waals surface area contributed by atoms with E-state index in [4.69, 9.17) is 15.7 Å². The zero-order chi connectivity index (χ0) is 14.5. The predicted molar refractivity (Wildman–Crippen MR) is 73.2 cm³/mol. The molecule has 0 unspecified atom stereocenters. The summed E-state index contributed by atoms with van der Waals surface area (Å²) in [5.41, 5.74) is 0.516. The van der Waals surface area contributed by atoms with Crippen molar-refractivity contribution in [2.24, 2.45) is 5.14 Å². The smallest absolute Gasteiger partial charge is 0.238 e. The number of allylic oxidation sites excluding steroid dienone is 1. The van der Waals surface area contributed by atoms with E-state index < -0.39 is 10.0 Å². The number of hydrogen-bond donors (Lipinski definition) is 2. The normalized spacial score (nSPS) is 10.1. The van der Waals surface area contributed by atoms with E-state index in [-0.39, 0.29) is 10.5 Å². The number of nitriles is 2. The average Bonchev–Trinajstić information content (AvgIpc) is 2.38. The summed E-state index contributed by atoms with van der Waals surface area (Å²) in [5, 5.41) is 25.8. The first kappa shape index (κ1) is 15.1. The Morgan fingerprint density at radius 3 is 2.16 bits per heavy atom. The lowest BCUT2D eigenvalue weighted by atomic mass is 10.3. The van der Waals surface area contributed by atoms with Gasteiger partial charge in [-0.25, -0.2) is 13.6 Å². The fraction of sp³-hybridized carbons (Fsp3) is 0.0909. The second-order valence-electron chi connectivity index (χ2n) is 3.33. The number of benzene rings is 1. The maximum atomic E-state index is 11.1. The largest absolute Gasteiger partial charge is 0.349 e. The summed E-state index contributed by atoms with van der Waals surface area (Å²) in [6, 6.07) is 9.24. The molecule has 19 heavy (non-hydrogen) atoms. The van der Waals surface area contributed by atoms with Crippen LogP contribution in [0.3, 0.4) is 0 Å². The van der Waals surface area contributed by atoms with E-state index in [9.17, 15) is 8.42 Å². The minimum atomic E-state index is -3.73. The summed E-state index contributed by atoms with van der Waals surface area (Å²) in [7, 11) is -3.73. The molecule has 0 aliphatic rings. The third kappa shape index (κ3) is 4.00. The van der Waals surface area contributed by atoms with Crippen LogP contribution in [0.15, 0.2) is 39.8 Å². The van der Waals surface area contributed by atoms with Crippen LogP contribution >= 0.6 is 11.8 Å². The molecule has 0 heterocycles. The monoisotopic (exact) mass is 294 g/mol. The summed E-state index contributed by atoms with van der Waals surface area (Å²) in [6.45, 7) is 0. The first-order valence-corrected chi connectivity index (χ1v) is 7.68. The Hall–Kier alpha value is -2.00. The summed E-state index contributed by atoms with van der Waals surface area (Å²) >= 11 is 1.21. The van der Waals surface area contributed by atoms with Crippen molar-refractivity contribution in [2.45, 2.75) is 4.90 Å². The highest BCUT2D eigenvalue weighted by Gasteiger charge is 2.08. The van der Waals surface area contributed by atoms with Gasteiger partial charge < -0.3 is 5.32 Å². The quantitative estimate of drug-likeness (QED) is 0.809. The lowest BCUT2D eigenvalue weighted by molar-refractivity contribution is 0.598. The van der Waals surface area contributed by atoms with E-state index in [1.54, 1.807) is 18.4 Å². The standard InChI is InChI=1S/C11H10N4O2S2/c1-18-11(8(6-12)7-13)15-9-2-4-10(5-3-9)19(14,16)17/h2-5,15H,1H3,(H2,14,16,17). The molecule has 98 valence electrons. The van der Waals surface area contributed by atoms with Crippen molar-refractivity contribution in [3.05, 3.63) is 34.9 Å². The molecule has 8 heteroatoms. The van der Waals surface area contributed by atoms with Gasteiger partial charge in [0.15, 0.2) is 5.57 Å². The van der Waals surface area contributed by atoms with Crippen LogP contribution in [-0.2, 0) is 10.0 Å². The lowest BCUT2D eigenvalue weighted by Gasteiger charge is -2.08. The van der Waals surface area contributed by atoms with Crippen molar-refractivity contribution in [3.8, 4) is 12.1 Å². The van der Waals surface area contributed by atoms with Gasteiger partial charge in [-0.05, 0) is 30.5 Å². The first-order valence-electron chi connectivity index (χ1n) is 4.90. The molecule has 0 aliphatic carbocycles. The van der Waals surface area contributed by atoms with Gasteiger partial charge in [-0.2, -0.15) is 10.5 Å². The average molecular weight is 294 g/mol. The highest BCUT2D eigenvalue weighted by Crippen LogP contribution is 2.21. The number of rotatable bonds is 4. The van der Waals surface area contributed by atoms with Gasteiger partial charge >= 0.3 is 0 Å². The van der Waals surface area contributed by atoms with Gasteiger partial charge in [0, 0.05) is 5.69 Å². The van der Waals surface area contributed by atoms with Gasteiger partial charge in [0.05, 0.1) is 4.90 Å². The van der Waals surface area contributed by atoms with Crippen molar-refractivity contribution in [2.75, 3.05) is 11.6 Å². The molecule has 0 saturated carbocycles. The summed E-state index contributed by atoms with van der Waals surface area (Å²) in [4.78, 5) is -0.00600. The zero-order valence-electron chi connectivity index (χ0n) is 9.91. The van der Waals surface area contributed by atoms with Crippen molar-refractivity contribution < 1.29 is 8.42 Å². The van der Waals surface area contributed by atoms with Gasteiger partial charge in [-0.3, -0.25) is 0 Å². The number of nitrogens with zero attached hydrogens (tertiary/aromatic N) is 2. The number of anilines is 1. The summed E-state index contributed by atoms with van der Waals surface area (Å²) < 4.78 is 22.2. The molecule has 0 spiro atoms. The Morgan fingerprint density at radius 2 is 1.79 bits per heavy atom. The highest BCUT2D eigenvalue weighted by atomic mass is 32.2. The molecular formula is C11H10N4O2S2. The molecule has 1 aromatic rings. The van der Waals surface area contributed by atoms with Crippen molar-refractivity contribution in [1.82, 2.24) is 0 Å². The fourth-order valence-corrected chi connectivity index (χ4v) is 2.23. The second-order valence-corrected chi connectivity index (χ2v) is 5.70. The van der Waals surface area contributed by atoms with Gasteiger partial charge in [0.2, 0.25) is 10.0 Å². The van der Waals surface area contributed by atoms with Gasteiger partial charge in [-0.15, -0.1) is 11.8 Å². The molecule has 0 aliphatic heterocycles. The third-order valence-electron chi connectivity index (χ3n) is 2.10. The number of nitrogens with one attached hydrogen (secondary N) is 1. The Kier molecular flexibility index (Phi) is 4.95. The number of sulfonamides is 1. The van der Waals surface area contributed by atoms with E-state index >= 15 is 0 Å². The maximum absolute atomic E-state index is 11.1. The van der Waals surface area contributed by atoms with Gasteiger partial charge in [0.1, 0.15) is 17.2 Å². The molecule has 3 N–H and O–H groups in total. The SMILES string of the molecule is CSC(Nc1ccc(S(N)(=O)=O)cc1)=C(C#N)C#N. The van der Waals surface area contributed by atoms with Crippen LogP contribution in [0.5, 0.6) is 0 Å². The molecule has 0 amide bonds. The van der Waals surface area contributed by atoms with Gasteiger partial charge in [0.25, 0.3) is 0 Å². The minimum absolute atomic E-state index is 0.00600. The Balaban J connectivity index is 3.06. The van der Waals surface area contributed by atoms with E-state index in [1.807, 2.05) is 0 Å². The molecule has 0 aromatic heterocycles. The van der Waals surface area contributed by atoms with E-state index in [2.05, 4.69) is 5.32 Å². The molecule has 0 fully saturated rings. The number of nitrogens with two attached hydrogens (primary N) is 1. The molecule has 0 radical (unpaired) electrons. The first-order chi connectivity index (χ1) is 8.92. The summed E-state index contributed by atoms with van der Waals surface area (Å²) in [6.07, 6.45) is 1.72. The zero-order valence-corrected chi connectivity index (χ0v) is 11.5. The van der Waals surface area contributed by atoms with Gasteiger partial charge in [-0.1, -0.05) is 0 Å². The van der Waals surface area contributed by atoms with Crippen LogP contribution in [-0.4, -0.2) is 14.7 Å². The van der Waals surface area contributed by atoms with Crippen LogP contribution in [0.4, 0.5) is 5.69 Å². The summed E-state index contributed by atoms with van der Waals surface area (Å²) in [5.74, 6) is 0. The molecule has 1 aromatic carbocycles. The Morgan fingerprint density at radius 1 is 1.26 bits per heavy atom. The molecule has 1 rings (SSSR count). The fourth-order valence-electron chi connectivity index (χ4n) is 1.20. The third-order valence-corrected chi connectivity index (χ3v) is 3.74. The topological polar surface area (TPSA) is 120 Å². The number of thioether (sulfide) groups is 1. The van der Waals surface area contributed by atoms with E-state index in [0.29, 0.717) is 10.7 Å². The van der Waals surface area contributed by atoms with Crippen molar-refractivity contribution in [3.63, 3.8) is 0 Å². The van der Waals surface area contributed by atoms with Crippen molar-refractivity contribution in [1.29, 1.82) is 10.5 Å². The second kappa shape index (κ2) is 6.25. The molecular weight excluding hydrogens is 284 g/mol. The number of hydrogen-bond acceptors (Lipinski definition) is 6. The van der Waals surface area contributed by atoms with Crippen molar-refractivity contribution >= 4 is 27.5 Å². The maximum Gasteiger partial charge on any atom is 0.238 e. The molecule has 0 saturated heterocycles. The van der Waals surface area contributed by atoms with Crippen LogP contribution in [0.2, 0.25) is 0 Å².